The van der Waals surface area contributed by atoms with Crippen LogP contribution in [0, 0.1) is 0 Å². The molecule has 0 amide bonds. The molecule has 2 aromatic rings. The molecule has 0 atom stereocenters. The van der Waals surface area contributed by atoms with Gasteiger partial charge in [-0.05, 0) is 17.7 Å². The van der Waals surface area contributed by atoms with E-state index in [0.29, 0.717) is 6.54 Å². The van der Waals surface area contributed by atoms with Crippen molar-refractivity contribution in [2.24, 2.45) is 0 Å². The molecule has 1 aromatic carbocycles. The van der Waals surface area contributed by atoms with Gasteiger partial charge in [-0.15, -0.1) is 5.10 Å². The van der Waals surface area contributed by atoms with Gasteiger partial charge >= 0.3 is 5.97 Å². The molecule has 0 bridgehead atoms. The van der Waals surface area contributed by atoms with Gasteiger partial charge in [-0.2, -0.15) is 0 Å². The second kappa shape index (κ2) is 4.01. The molecule has 16 heavy (non-hydrogen) atoms. The Morgan fingerprint density at radius 3 is 2.56 bits per heavy atom. The molecule has 6 heteroatoms. The van der Waals surface area contributed by atoms with Crippen molar-refractivity contribution in [3.63, 3.8) is 0 Å². The van der Waals surface area contributed by atoms with E-state index < -0.39 is 5.97 Å². The van der Waals surface area contributed by atoms with Crippen molar-refractivity contribution in [1.82, 2.24) is 15.0 Å². The van der Waals surface area contributed by atoms with E-state index in [0.717, 1.165) is 5.56 Å². The van der Waals surface area contributed by atoms with Gasteiger partial charge in [-0.1, -0.05) is 17.3 Å². The number of phenols is 1. The van der Waals surface area contributed by atoms with Crippen LogP contribution in [0.5, 0.6) is 5.75 Å². The zero-order valence-corrected chi connectivity index (χ0v) is 8.24. The molecule has 0 radical (unpaired) electrons. The highest BCUT2D eigenvalue weighted by atomic mass is 16.4. The van der Waals surface area contributed by atoms with Crippen molar-refractivity contribution in [1.29, 1.82) is 0 Å². The van der Waals surface area contributed by atoms with Crippen molar-refractivity contribution in [2.45, 2.75) is 6.54 Å². The van der Waals surface area contributed by atoms with Crippen LogP contribution in [0.3, 0.4) is 0 Å². The third-order valence-electron chi connectivity index (χ3n) is 2.04. The highest BCUT2D eigenvalue weighted by molar-refractivity contribution is 5.84. The summed E-state index contributed by atoms with van der Waals surface area (Å²) in [6.07, 6.45) is 1.36. The van der Waals surface area contributed by atoms with Crippen LogP contribution in [-0.4, -0.2) is 31.2 Å². The fourth-order valence-corrected chi connectivity index (χ4v) is 1.26. The largest absolute Gasteiger partial charge is 0.508 e. The topological polar surface area (TPSA) is 88.2 Å². The standard InChI is InChI=1S/C10H9N3O3/c14-8-3-1-7(2-4-8)5-13-6-9(10(15)16)11-12-13/h1-4,6,14H,5H2,(H,15,16). The van der Waals surface area contributed by atoms with Crippen LogP contribution in [-0.2, 0) is 6.54 Å². The number of hydrogen-bond acceptors (Lipinski definition) is 4. The maximum atomic E-state index is 10.6. The Balaban J connectivity index is 2.14. The van der Waals surface area contributed by atoms with Gasteiger partial charge in [0, 0.05) is 0 Å². The number of aromatic nitrogens is 3. The summed E-state index contributed by atoms with van der Waals surface area (Å²) in [4.78, 5) is 10.6. The summed E-state index contributed by atoms with van der Waals surface area (Å²) in [7, 11) is 0. The number of nitrogens with zero attached hydrogens (tertiary/aromatic N) is 3. The van der Waals surface area contributed by atoms with Crippen LogP contribution in [0.1, 0.15) is 16.1 Å². The van der Waals surface area contributed by atoms with Crippen LogP contribution in [0.2, 0.25) is 0 Å². The normalized spacial score (nSPS) is 10.2. The van der Waals surface area contributed by atoms with Gasteiger partial charge in [0.05, 0.1) is 12.7 Å². The lowest BCUT2D eigenvalue weighted by molar-refractivity contribution is 0.0690. The van der Waals surface area contributed by atoms with Crippen molar-refractivity contribution in [3.05, 3.63) is 41.7 Å². The minimum Gasteiger partial charge on any atom is -0.508 e. The van der Waals surface area contributed by atoms with E-state index in [1.807, 2.05) is 0 Å². The summed E-state index contributed by atoms with van der Waals surface area (Å²) < 4.78 is 1.43. The fourth-order valence-electron chi connectivity index (χ4n) is 1.26. The summed E-state index contributed by atoms with van der Waals surface area (Å²) in [5.41, 5.74) is 0.818. The summed E-state index contributed by atoms with van der Waals surface area (Å²) in [5, 5.41) is 24.9. The lowest BCUT2D eigenvalue weighted by Gasteiger charge is -2.00. The van der Waals surface area contributed by atoms with E-state index in [1.54, 1.807) is 24.3 Å². The molecule has 0 saturated heterocycles. The smallest absolute Gasteiger partial charge is 0.358 e. The second-order valence-electron chi connectivity index (χ2n) is 3.27. The number of hydrogen-bond donors (Lipinski definition) is 2. The quantitative estimate of drug-likeness (QED) is 0.794. The van der Waals surface area contributed by atoms with Crippen LogP contribution in [0.25, 0.3) is 0 Å². The minimum absolute atomic E-state index is 0.0845. The maximum absolute atomic E-state index is 10.6. The molecule has 0 aliphatic rings. The molecule has 0 fully saturated rings. The molecule has 0 aliphatic heterocycles. The zero-order valence-electron chi connectivity index (χ0n) is 8.24. The third kappa shape index (κ3) is 2.17. The van der Waals surface area contributed by atoms with Crippen LogP contribution in [0.15, 0.2) is 30.5 Å². The third-order valence-corrected chi connectivity index (χ3v) is 2.04. The predicted octanol–water partition coefficient (Wildman–Crippen LogP) is 0.730. The Morgan fingerprint density at radius 2 is 2.00 bits per heavy atom. The summed E-state index contributed by atoms with van der Waals surface area (Å²) >= 11 is 0. The molecular formula is C10H9N3O3. The van der Waals surface area contributed by atoms with Gasteiger partial charge in [0.15, 0.2) is 5.69 Å². The Kier molecular flexibility index (Phi) is 2.55. The highest BCUT2D eigenvalue weighted by Crippen LogP contribution is 2.10. The summed E-state index contributed by atoms with van der Waals surface area (Å²) in [5.74, 6) is -0.912. The number of carboxylic acid groups (broad SMARTS) is 1. The molecular weight excluding hydrogens is 210 g/mol. The first-order valence-corrected chi connectivity index (χ1v) is 4.56. The second-order valence-corrected chi connectivity index (χ2v) is 3.27. The van der Waals surface area contributed by atoms with Crippen LogP contribution >= 0.6 is 0 Å². The fraction of sp³-hybridized carbons (Fsp3) is 0.100. The molecule has 2 rings (SSSR count). The van der Waals surface area contributed by atoms with Crippen molar-refractivity contribution < 1.29 is 15.0 Å². The number of rotatable bonds is 3. The summed E-state index contributed by atoms with van der Waals surface area (Å²) in [6, 6.07) is 6.59. The number of carboxylic acids is 1. The first kappa shape index (κ1) is 10.2. The Hall–Kier alpha value is -2.37. The van der Waals surface area contributed by atoms with E-state index in [4.69, 9.17) is 10.2 Å². The SMILES string of the molecule is O=C(O)c1cn(Cc2ccc(O)cc2)nn1. The number of benzene rings is 1. The molecule has 6 nitrogen and oxygen atoms in total. The zero-order chi connectivity index (χ0) is 11.5. The number of carbonyl (C=O) groups is 1. The molecule has 1 aromatic heterocycles. The minimum atomic E-state index is -1.10. The number of aromatic hydroxyl groups is 1. The van der Waals surface area contributed by atoms with Crippen molar-refractivity contribution in [3.8, 4) is 5.75 Å². The van der Waals surface area contributed by atoms with Crippen molar-refractivity contribution in [2.75, 3.05) is 0 Å². The van der Waals surface area contributed by atoms with Gasteiger partial charge in [0.2, 0.25) is 0 Å². The molecule has 0 aliphatic carbocycles. The van der Waals surface area contributed by atoms with Gasteiger partial charge in [-0.3, -0.25) is 0 Å². The molecule has 0 spiro atoms. The van der Waals surface area contributed by atoms with E-state index >= 15 is 0 Å². The van der Waals surface area contributed by atoms with Gasteiger partial charge in [0.25, 0.3) is 0 Å². The van der Waals surface area contributed by atoms with Gasteiger partial charge < -0.3 is 10.2 Å². The van der Waals surface area contributed by atoms with E-state index in [2.05, 4.69) is 10.3 Å². The Bertz CT molecular complexity index is 504. The number of phenolic OH excluding ortho intramolecular Hbond substituents is 1. The first-order valence-electron chi connectivity index (χ1n) is 4.56. The molecule has 2 N–H and O–H groups in total. The van der Waals surface area contributed by atoms with E-state index in [1.165, 1.54) is 10.9 Å². The number of aromatic carboxylic acids is 1. The van der Waals surface area contributed by atoms with E-state index in [9.17, 15) is 4.79 Å². The van der Waals surface area contributed by atoms with E-state index in [-0.39, 0.29) is 11.4 Å². The van der Waals surface area contributed by atoms with Crippen molar-refractivity contribution >= 4 is 5.97 Å². The average Bonchev–Trinajstić information content (AvgIpc) is 2.70. The van der Waals surface area contributed by atoms with Crippen LogP contribution < -0.4 is 0 Å². The Morgan fingerprint density at radius 1 is 1.31 bits per heavy atom. The average molecular weight is 219 g/mol. The molecule has 0 saturated carbocycles. The predicted molar refractivity (Wildman–Crippen MR) is 54.2 cm³/mol. The maximum Gasteiger partial charge on any atom is 0.358 e. The molecule has 0 unspecified atom stereocenters. The highest BCUT2D eigenvalue weighted by Gasteiger charge is 2.07. The lowest BCUT2D eigenvalue weighted by atomic mass is 10.2. The van der Waals surface area contributed by atoms with Crippen LogP contribution in [0.4, 0.5) is 0 Å². The van der Waals surface area contributed by atoms with Gasteiger partial charge in [0.1, 0.15) is 5.75 Å². The molecule has 82 valence electrons. The summed E-state index contributed by atoms with van der Waals surface area (Å²) in [6.45, 7) is 0.417. The molecule has 1 heterocycles. The first-order chi connectivity index (χ1) is 7.65. The monoisotopic (exact) mass is 219 g/mol. The lowest BCUT2D eigenvalue weighted by Crippen LogP contribution is -2.00. The van der Waals surface area contributed by atoms with Gasteiger partial charge in [-0.25, -0.2) is 9.48 Å². The Labute approximate surface area is 90.8 Å².